The first kappa shape index (κ1) is 11.8. The third-order valence-electron chi connectivity index (χ3n) is 2.15. The second-order valence-corrected chi connectivity index (χ2v) is 7.40. The van der Waals surface area contributed by atoms with Crippen molar-refractivity contribution < 1.29 is 8.42 Å². The highest BCUT2D eigenvalue weighted by Crippen LogP contribution is 2.29. The molecular formula is C10H10ClNO2S2. The lowest BCUT2D eigenvalue weighted by atomic mass is 10.2. The molecule has 0 bridgehead atoms. The van der Waals surface area contributed by atoms with E-state index in [4.69, 9.17) is 10.7 Å². The van der Waals surface area contributed by atoms with Gasteiger partial charge in [0.05, 0.1) is 20.1 Å². The van der Waals surface area contributed by atoms with Gasteiger partial charge in [-0.1, -0.05) is 13.8 Å². The van der Waals surface area contributed by atoms with Crippen molar-refractivity contribution in [1.82, 2.24) is 4.98 Å². The maximum absolute atomic E-state index is 11.2. The van der Waals surface area contributed by atoms with E-state index in [0.717, 1.165) is 15.2 Å². The summed E-state index contributed by atoms with van der Waals surface area (Å²) < 4.78 is 23.2. The number of aromatic nitrogens is 1. The van der Waals surface area contributed by atoms with Crippen molar-refractivity contribution in [2.75, 3.05) is 0 Å². The lowest BCUT2D eigenvalue weighted by Crippen LogP contribution is -1.88. The van der Waals surface area contributed by atoms with Crippen LogP contribution in [0.1, 0.15) is 24.8 Å². The molecule has 0 saturated carbocycles. The molecule has 0 amide bonds. The highest BCUT2D eigenvalue weighted by Gasteiger charge is 2.13. The molecule has 0 aliphatic carbocycles. The van der Waals surface area contributed by atoms with Gasteiger partial charge in [0.25, 0.3) is 9.05 Å². The maximum Gasteiger partial charge on any atom is 0.261 e. The monoisotopic (exact) mass is 275 g/mol. The maximum atomic E-state index is 11.2. The second-order valence-electron chi connectivity index (χ2n) is 3.77. The van der Waals surface area contributed by atoms with Gasteiger partial charge in [-0.2, -0.15) is 0 Å². The molecule has 0 saturated heterocycles. The van der Waals surface area contributed by atoms with Crippen LogP contribution in [0.25, 0.3) is 10.2 Å². The molecule has 0 aliphatic heterocycles. The van der Waals surface area contributed by atoms with Gasteiger partial charge in [0, 0.05) is 16.6 Å². The zero-order chi connectivity index (χ0) is 11.9. The number of hydrogen-bond donors (Lipinski definition) is 0. The smallest absolute Gasteiger partial charge is 0.241 e. The number of benzene rings is 1. The van der Waals surface area contributed by atoms with E-state index < -0.39 is 9.05 Å². The fraction of sp³-hybridized carbons (Fsp3) is 0.300. The molecule has 0 unspecified atom stereocenters. The largest absolute Gasteiger partial charge is 0.261 e. The van der Waals surface area contributed by atoms with Crippen LogP contribution in [0, 0.1) is 0 Å². The van der Waals surface area contributed by atoms with Gasteiger partial charge in [0.1, 0.15) is 0 Å². The summed E-state index contributed by atoms with van der Waals surface area (Å²) in [5.41, 5.74) is 0.817. The summed E-state index contributed by atoms with van der Waals surface area (Å²) >= 11 is 1.50. The Morgan fingerprint density at radius 2 is 2.06 bits per heavy atom. The highest BCUT2D eigenvalue weighted by atomic mass is 35.7. The van der Waals surface area contributed by atoms with E-state index in [2.05, 4.69) is 18.8 Å². The minimum absolute atomic E-state index is 0.126. The van der Waals surface area contributed by atoms with Crippen LogP contribution in [0.5, 0.6) is 0 Å². The molecule has 0 N–H and O–H groups in total. The van der Waals surface area contributed by atoms with Gasteiger partial charge in [-0.05, 0) is 18.2 Å². The standard InChI is InChI=1S/C10H10ClNO2S2/c1-6(2)10-12-8-4-3-7(16(11,13)14)5-9(8)15-10/h3-6H,1-2H3. The molecule has 0 radical (unpaired) electrons. The van der Waals surface area contributed by atoms with Crippen molar-refractivity contribution in [3.05, 3.63) is 23.2 Å². The van der Waals surface area contributed by atoms with E-state index in [-0.39, 0.29) is 4.90 Å². The molecule has 3 nitrogen and oxygen atoms in total. The first-order valence-corrected chi connectivity index (χ1v) is 7.85. The van der Waals surface area contributed by atoms with Crippen molar-refractivity contribution in [3.8, 4) is 0 Å². The zero-order valence-electron chi connectivity index (χ0n) is 8.77. The Labute approximate surface area is 103 Å². The van der Waals surface area contributed by atoms with E-state index in [9.17, 15) is 8.42 Å². The molecule has 1 heterocycles. The quantitative estimate of drug-likeness (QED) is 0.790. The Morgan fingerprint density at radius 3 is 2.62 bits per heavy atom. The van der Waals surface area contributed by atoms with Gasteiger partial charge < -0.3 is 0 Å². The zero-order valence-corrected chi connectivity index (χ0v) is 11.2. The molecule has 16 heavy (non-hydrogen) atoms. The van der Waals surface area contributed by atoms with Gasteiger partial charge in [-0.3, -0.25) is 0 Å². The van der Waals surface area contributed by atoms with Crippen LogP contribution in [0.3, 0.4) is 0 Å². The molecule has 0 aliphatic rings. The Hall–Kier alpha value is -0.650. The van der Waals surface area contributed by atoms with E-state index in [1.54, 1.807) is 12.1 Å². The van der Waals surface area contributed by atoms with Crippen molar-refractivity contribution in [2.45, 2.75) is 24.7 Å². The van der Waals surface area contributed by atoms with Crippen LogP contribution in [-0.4, -0.2) is 13.4 Å². The van der Waals surface area contributed by atoms with Crippen molar-refractivity contribution >= 4 is 41.3 Å². The van der Waals surface area contributed by atoms with E-state index in [0.29, 0.717) is 5.92 Å². The molecule has 0 atom stereocenters. The van der Waals surface area contributed by atoms with E-state index in [1.807, 2.05) is 0 Å². The van der Waals surface area contributed by atoms with Crippen LogP contribution < -0.4 is 0 Å². The van der Waals surface area contributed by atoms with Crippen molar-refractivity contribution in [1.29, 1.82) is 0 Å². The molecule has 0 spiro atoms. The van der Waals surface area contributed by atoms with Gasteiger partial charge >= 0.3 is 0 Å². The lowest BCUT2D eigenvalue weighted by molar-refractivity contribution is 0.609. The molecule has 0 fully saturated rings. The summed E-state index contributed by atoms with van der Waals surface area (Å²) in [6.45, 7) is 4.10. The fourth-order valence-electron chi connectivity index (χ4n) is 1.32. The highest BCUT2D eigenvalue weighted by molar-refractivity contribution is 8.13. The minimum Gasteiger partial charge on any atom is -0.241 e. The molecule has 6 heteroatoms. The van der Waals surface area contributed by atoms with Crippen LogP contribution in [-0.2, 0) is 9.05 Å². The Morgan fingerprint density at radius 1 is 1.38 bits per heavy atom. The number of fused-ring (bicyclic) bond motifs is 1. The van der Waals surface area contributed by atoms with Gasteiger partial charge in [-0.15, -0.1) is 11.3 Å². The SMILES string of the molecule is CC(C)c1nc2ccc(S(=O)(=O)Cl)cc2s1. The third kappa shape index (κ3) is 2.21. The second kappa shape index (κ2) is 3.98. The number of rotatable bonds is 2. The van der Waals surface area contributed by atoms with Crippen molar-refractivity contribution in [3.63, 3.8) is 0 Å². The molecule has 2 aromatic rings. The van der Waals surface area contributed by atoms with Crippen LogP contribution >= 0.6 is 22.0 Å². The Balaban J connectivity index is 2.63. The molecule has 2 rings (SSSR count). The first-order valence-electron chi connectivity index (χ1n) is 4.73. The van der Waals surface area contributed by atoms with Crippen LogP contribution in [0.4, 0.5) is 0 Å². The van der Waals surface area contributed by atoms with Crippen molar-refractivity contribution in [2.24, 2.45) is 0 Å². The van der Waals surface area contributed by atoms with Crippen LogP contribution in [0.15, 0.2) is 23.1 Å². The summed E-state index contributed by atoms with van der Waals surface area (Å²) in [6, 6.07) is 4.74. The molecule has 1 aromatic heterocycles. The molecule has 86 valence electrons. The van der Waals surface area contributed by atoms with Crippen LogP contribution in [0.2, 0.25) is 0 Å². The minimum atomic E-state index is -3.65. The fourth-order valence-corrected chi connectivity index (χ4v) is 3.18. The number of hydrogen-bond acceptors (Lipinski definition) is 4. The summed E-state index contributed by atoms with van der Waals surface area (Å²) in [5.74, 6) is 0.341. The third-order valence-corrected chi connectivity index (χ3v) is 4.82. The summed E-state index contributed by atoms with van der Waals surface area (Å²) in [7, 11) is 1.63. The lowest BCUT2D eigenvalue weighted by Gasteiger charge is -1.94. The average molecular weight is 276 g/mol. The number of thiazole rings is 1. The topological polar surface area (TPSA) is 47.0 Å². The number of halogens is 1. The predicted molar refractivity (Wildman–Crippen MR) is 66.7 cm³/mol. The van der Waals surface area contributed by atoms with Gasteiger partial charge in [-0.25, -0.2) is 13.4 Å². The first-order chi connectivity index (χ1) is 7.38. The Kier molecular flexibility index (Phi) is 2.94. The van der Waals surface area contributed by atoms with E-state index in [1.165, 1.54) is 17.4 Å². The van der Waals surface area contributed by atoms with E-state index >= 15 is 0 Å². The average Bonchev–Trinajstić information content (AvgIpc) is 2.58. The molecular weight excluding hydrogens is 266 g/mol. The summed E-state index contributed by atoms with van der Waals surface area (Å²) in [6.07, 6.45) is 0. The normalized spacial score (nSPS) is 12.5. The van der Waals surface area contributed by atoms with Gasteiger partial charge in [0.15, 0.2) is 0 Å². The van der Waals surface area contributed by atoms with Gasteiger partial charge in [0.2, 0.25) is 0 Å². The Bertz CT molecular complexity index is 631. The number of nitrogens with zero attached hydrogens (tertiary/aromatic N) is 1. The summed E-state index contributed by atoms with van der Waals surface area (Å²) in [5, 5.41) is 0.999. The summed E-state index contributed by atoms with van der Waals surface area (Å²) in [4.78, 5) is 4.54. The molecule has 1 aromatic carbocycles. The predicted octanol–water partition coefficient (Wildman–Crippen LogP) is 3.35.